The van der Waals surface area contributed by atoms with Crippen LogP contribution in [-0.4, -0.2) is 93.5 Å². The van der Waals surface area contributed by atoms with Crippen LogP contribution < -0.4 is 44.2 Å². The summed E-state index contributed by atoms with van der Waals surface area (Å²) in [7, 11) is 0. The first-order valence-electron chi connectivity index (χ1n) is 24.3. The van der Waals surface area contributed by atoms with Crippen LogP contribution in [0.1, 0.15) is 123 Å². The third-order valence-corrected chi connectivity index (χ3v) is 15.3. The van der Waals surface area contributed by atoms with Gasteiger partial charge in [0.25, 0.3) is 0 Å². The number of fused-ring (bicyclic) bond motifs is 5. The number of carbonyl (C=O) groups excluding carboxylic acids is 3. The third-order valence-electron chi connectivity index (χ3n) is 15.3. The van der Waals surface area contributed by atoms with Crippen LogP contribution in [0.5, 0.6) is 0 Å². The lowest BCUT2D eigenvalue weighted by atomic mass is 9.47. The van der Waals surface area contributed by atoms with E-state index in [1.54, 1.807) is 6.21 Å². The number of ether oxygens (including phenoxy) is 1. The molecule has 1 aromatic rings. The number of rotatable bonds is 24. The lowest BCUT2D eigenvalue weighted by molar-refractivity contribution is -0.124. The topological polar surface area (TPSA) is 250 Å². The van der Waals surface area contributed by atoms with Crippen LogP contribution >= 0.6 is 0 Å². The van der Waals surface area contributed by atoms with Crippen LogP contribution in [0.15, 0.2) is 57.0 Å². The lowest BCUT2D eigenvalue weighted by Gasteiger charge is -2.58. The fourth-order valence-electron chi connectivity index (χ4n) is 12.0. The molecule has 0 bridgehead atoms. The summed E-state index contributed by atoms with van der Waals surface area (Å²) in [5.74, 6) is 3.35. The molecule has 0 saturated heterocycles. The Labute approximate surface area is 382 Å². The van der Waals surface area contributed by atoms with Crippen molar-refractivity contribution in [2.75, 3.05) is 39.3 Å². The summed E-state index contributed by atoms with van der Waals surface area (Å²) in [4.78, 5) is 51.6. The van der Waals surface area contributed by atoms with E-state index in [1.807, 2.05) is 30.3 Å². The molecule has 3 amide bonds. The summed E-state index contributed by atoms with van der Waals surface area (Å²) in [6.07, 6.45) is 19.4. The van der Waals surface area contributed by atoms with Gasteiger partial charge in [-0.05, 0) is 104 Å². The van der Waals surface area contributed by atoms with Gasteiger partial charge in [-0.1, -0.05) is 95.4 Å². The number of nitrogens with one attached hydrogen (secondary N) is 4. The number of hydrogen-bond donors (Lipinski definition) is 8. The highest BCUT2D eigenvalue weighted by molar-refractivity contribution is 5.83. The summed E-state index contributed by atoms with van der Waals surface area (Å²) in [6, 6.07) is 8.91. The number of hydrogen-bond acceptors (Lipinski definition) is 8. The maximum atomic E-state index is 13.6. The van der Waals surface area contributed by atoms with Crippen molar-refractivity contribution in [3.63, 3.8) is 0 Å². The quantitative estimate of drug-likeness (QED) is 0.0298. The second kappa shape index (κ2) is 24.6. The monoisotopic (exact) mass is 888 g/mol. The van der Waals surface area contributed by atoms with E-state index >= 15 is 0 Å². The van der Waals surface area contributed by atoms with E-state index in [9.17, 15) is 14.4 Å². The van der Waals surface area contributed by atoms with Gasteiger partial charge in [0.1, 0.15) is 6.10 Å². The molecule has 0 radical (unpaired) electrons. The molecule has 4 aliphatic carbocycles. The van der Waals surface area contributed by atoms with Gasteiger partial charge < -0.3 is 48.9 Å². The van der Waals surface area contributed by atoms with Crippen LogP contribution in [0.3, 0.4) is 0 Å². The van der Waals surface area contributed by atoms with Gasteiger partial charge in [0.05, 0.1) is 31.7 Å². The zero-order chi connectivity index (χ0) is 46.1. The van der Waals surface area contributed by atoms with Gasteiger partial charge >= 0.3 is 6.09 Å². The summed E-state index contributed by atoms with van der Waals surface area (Å²) < 4.78 is 6.20. The van der Waals surface area contributed by atoms with Crippen molar-refractivity contribution >= 4 is 36.0 Å². The molecule has 12 N–H and O–H groups in total. The number of allylic oxidation sites excluding steroid dienone is 1. The van der Waals surface area contributed by atoms with Crippen molar-refractivity contribution in [3.05, 3.63) is 47.5 Å². The average Bonchev–Trinajstić information content (AvgIpc) is 3.62. The smallest absolute Gasteiger partial charge is 0.407 e. The minimum absolute atomic E-state index is 0.0479. The van der Waals surface area contributed by atoms with E-state index in [0.29, 0.717) is 30.8 Å². The normalized spacial score (nSPS) is 27.4. The molecule has 3 fully saturated rings. The average molecular weight is 888 g/mol. The van der Waals surface area contributed by atoms with Crippen molar-refractivity contribution in [2.24, 2.45) is 78.3 Å². The second-order valence-corrected chi connectivity index (χ2v) is 19.5. The molecule has 356 valence electrons. The number of nitrogens with two attached hydrogens (primary N) is 4. The van der Waals surface area contributed by atoms with Gasteiger partial charge in [-0.3, -0.25) is 24.6 Å². The molecular formula is C49H81N11O4. The van der Waals surface area contributed by atoms with E-state index in [0.717, 1.165) is 54.9 Å². The molecule has 0 aliphatic heterocycles. The van der Waals surface area contributed by atoms with Gasteiger partial charge in [-0.2, -0.15) is 0 Å². The van der Waals surface area contributed by atoms with Crippen LogP contribution in [0, 0.1) is 40.4 Å². The molecule has 0 heterocycles. The minimum atomic E-state index is -0.670. The zero-order valence-electron chi connectivity index (χ0n) is 39.3. The van der Waals surface area contributed by atoms with Crippen LogP contribution in [-0.2, 0) is 20.7 Å². The van der Waals surface area contributed by atoms with E-state index < -0.39 is 18.2 Å². The summed E-state index contributed by atoms with van der Waals surface area (Å²) in [5, 5.41) is 11.9. The first-order chi connectivity index (χ1) is 30.7. The SMILES string of the molecule is CCCCCC(C)C1CCC2C3CC=C4CC(OC(=O)NC(C=NCCNC(CCC(=O)NCCN=C(N)N)C(=O)NCCN=C(N)N)Cc5ccccc5)CCC4(C)C3CCC12C. The first kappa shape index (κ1) is 50.3. The molecule has 15 heteroatoms. The second-order valence-electron chi connectivity index (χ2n) is 19.5. The van der Waals surface area contributed by atoms with E-state index in [-0.39, 0.29) is 74.3 Å². The molecule has 0 spiro atoms. The Hall–Kier alpha value is -4.66. The third kappa shape index (κ3) is 14.2. The number of nitrogens with zero attached hydrogens (tertiary/aromatic N) is 3. The van der Waals surface area contributed by atoms with E-state index in [2.05, 4.69) is 70.0 Å². The van der Waals surface area contributed by atoms with Gasteiger partial charge in [-0.25, -0.2) is 4.79 Å². The number of carbonyl (C=O) groups is 3. The fourth-order valence-corrected chi connectivity index (χ4v) is 12.0. The molecule has 10 atom stereocenters. The first-order valence-corrected chi connectivity index (χ1v) is 24.3. The van der Waals surface area contributed by atoms with Crippen LogP contribution in [0.2, 0.25) is 0 Å². The van der Waals surface area contributed by atoms with Crippen LogP contribution in [0.4, 0.5) is 4.79 Å². The predicted molar refractivity (Wildman–Crippen MR) is 258 cm³/mol. The Morgan fingerprint density at radius 1 is 0.875 bits per heavy atom. The maximum absolute atomic E-state index is 13.6. The molecule has 4 aliphatic rings. The number of guanidine groups is 2. The largest absolute Gasteiger partial charge is 0.446 e. The molecule has 5 rings (SSSR count). The molecular weight excluding hydrogens is 807 g/mol. The molecule has 10 unspecified atom stereocenters. The van der Waals surface area contributed by atoms with Gasteiger partial charge in [0.2, 0.25) is 11.8 Å². The number of benzene rings is 1. The molecule has 15 nitrogen and oxygen atoms in total. The van der Waals surface area contributed by atoms with Gasteiger partial charge in [-0.15, -0.1) is 0 Å². The maximum Gasteiger partial charge on any atom is 0.407 e. The number of aliphatic imine (C=N–C) groups is 3. The Morgan fingerprint density at radius 3 is 2.33 bits per heavy atom. The van der Waals surface area contributed by atoms with Crippen molar-refractivity contribution in [1.29, 1.82) is 0 Å². The fraction of sp³-hybridized carbons (Fsp3) is 0.714. The van der Waals surface area contributed by atoms with Crippen molar-refractivity contribution in [1.82, 2.24) is 21.3 Å². The Kier molecular flexibility index (Phi) is 19.3. The molecule has 1 aromatic carbocycles. The number of alkyl carbamates (subject to hydrolysis) is 1. The number of amides is 3. The lowest BCUT2D eigenvalue weighted by Crippen LogP contribution is -2.51. The Bertz CT molecular complexity index is 1780. The number of unbranched alkanes of at least 4 members (excludes halogenated alkanes) is 2. The van der Waals surface area contributed by atoms with Crippen molar-refractivity contribution < 1.29 is 19.1 Å². The highest BCUT2D eigenvalue weighted by atomic mass is 16.6. The molecule has 64 heavy (non-hydrogen) atoms. The standard InChI is InChI=1S/C49H81N11O4/c1-5-6-8-11-33(2)39-16-17-40-38-15-14-35-31-37(20-22-48(35,3)41(38)21-23-49(39,40)4)64-47(63)60-36(30-34-12-9-7-10-13-34)32-54-24-25-55-42(44(62)57-27-29-59-46(52)53)18-19-43(61)56-26-28-58-45(50)51/h7,9-10,12-14,32-33,36-42,55H,5-6,8,11,15-31H2,1-4H3,(H,56,61)(H,57,62)(H,60,63)(H4,50,51,58)(H4,52,53,59). The van der Waals surface area contributed by atoms with Gasteiger partial charge in [0.15, 0.2) is 11.9 Å². The Balaban J connectivity index is 1.14. The molecule has 3 saturated carbocycles. The van der Waals surface area contributed by atoms with Gasteiger partial charge in [0, 0.05) is 38.7 Å². The van der Waals surface area contributed by atoms with Crippen molar-refractivity contribution in [2.45, 2.75) is 142 Å². The zero-order valence-corrected chi connectivity index (χ0v) is 39.3. The van der Waals surface area contributed by atoms with Crippen molar-refractivity contribution in [3.8, 4) is 0 Å². The van der Waals surface area contributed by atoms with Crippen LogP contribution in [0.25, 0.3) is 0 Å². The highest BCUT2D eigenvalue weighted by Gasteiger charge is 2.59. The molecule has 0 aromatic heterocycles. The summed E-state index contributed by atoms with van der Waals surface area (Å²) in [5.41, 5.74) is 24.7. The highest BCUT2D eigenvalue weighted by Crippen LogP contribution is 2.67. The van der Waals surface area contributed by atoms with E-state index in [4.69, 9.17) is 27.7 Å². The minimum Gasteiger partial charge on any atom is -0.446 e. The summed E-state index contributed by atoms with van der Waals surface area (Å²) >= 11 is 0. The Morgan fingerprint density at radius 2 is 1.61 bits per heavy atom. The predicted octanol–water partition coefficient (Wildman–Crippen LogP) is 5.08. The van der Waals surface area contributed by atoms with E-state index in [1.165, 1.54) is 56.9 Å². The summed E-state index contributed by atoms with van der Waals surface area (Å²) in [6.45, 7) is 11.7.